The highest BCUT2D eigenvalue weighted by Crippen LogP contribution is 2.36. The number of carboxylic acid groups (broad SMARTS) is 1. The summed E-state index contributed by atoms with van der Waals surface area (Å²) in [4.78, 5) is 78.3. The fourth-order valence-electron chi connectivity index (χ4n) is 13.3. The van der Waals surface area contributed by atoms with E-state index in [1.54, 1.807) is 12.4 Å². The number of Topliss-reactive ketones (excluding diaryl/α,β-unsaturated/α-hetero) is 2. The van der Waals surface area contributed by atoms with Gasteiger partial charge in [-0.15, -0.1) is 0 Å². The summed E-state index contributed by atoms with van der Waals surface area (Å²) < 4.78 is 10.4. The molecule has 0 saturated heterocycles. The first kappa shape index (κ1) is 76.9. The van der Waals surface area contributed by atoms with Gasteiger partial charge in [-0.1, -0.05) is 49.2 Å². The number of fused-ring (bicyclic) bond motifs is 2. The number of rotatable bonds is 18. The van der Waals surface area contributed by atoms with E-state index in [-0.39, 0.29) is 73.8 Å². The minimum atomic E-state index is -0.737. The van der Waals surface area contributed by atoms with Gasteiger partial charge in [0.25, 0.3) is 0 Å². The van der Waals surface area contributed by atoms with E-state index in [1.165, 1.54) is 25.7 Å². The van der Waals surface area contributed by atoms with Gasteiger partial charge < -0.3 is 63.5 Å². The summed E-state index contributed by atoms with van der Waals surface area (Å²) in [7, 11) is 0. The smallest absolute Gasteiger partial charge is 0.407 e. The Morgan fingerprint density at radius 2 is 0.822 bits per heavy atom. The van der Waals surface area contributed by atoms with Gasteiger partial charge in [0.1, 0.15) is 17.5 Å². The quantitative estimate of drug-likeness (QED) is 0.0361. The number of aldehydes is 1. The third-order valence-corrected chi connectivity index (χ3v) is 18.4. The molecule has 5 aliphatic carbocycles. The number of aliphatic hydroxyl groups is 3. The lowest BCUT2D eigenvalue weighted by molar-refractivity contribution is -0.426. The van der Waals surface area contributed by atoms with Crippen LogP contribution < -0.4 is 28.8 Å². The van der Waals surface area contributed by atoms with Gasteiger partial charge in [-0.3, -0.25) is 24.4 Å². The highest BCUT2D eigenvalue weighted by molar-refractivity contribution is 6.08. The van der Waals surface area contributed by atoms with Gasteiger partial charge in [-0.05, 0) is 242 Å². The normalized spacial score (nSPS) is 24.1. The number of carboxylic acids is 1. The van der Waals surface area contributed by atoms with Crippen molar-refractivity contribution in [1.29, 1.82) is 0 Å². The van der Waals surface area contributed by atoms with Crippen LogP contribution in [0.5, 0.6) is 0 Å². The molecule has 2 amide bonds. The Bertz CT molecular complexity index is 2740. The first-order chi connectivity index (χ1) is 42.5. The molecule has 0 bridgehead atoms. The summed E-state index contributed by atoms with van der Waals surface area (Å²) >= 11 is 0. The molecule has 17 nitrogen and oxygen atoms in total. The van der Waals surface area contributed by atoms with Crippen molar-refractivity contribution in [1.82, 2.24) is 20.6 Å². The van der Waals surface area contributed by atoms with E-state index < -0.39 is 17.2 Å². The first-order valence-electron chi connectivity index (χ1n) is 33.6. The van der Waals surface area contributed by atoms with Crippen LogP contribution in [0.25, 0.3) is 21.8 Å². The van der Waals surface area contributed by atoms with Gasteiger partial charge in [-0.2, -0.15) is 0 Å². The molecule has 2 aromatic heterocycles. The van der Waals surface area contributed by atoms with Crippen molar-refractivity contribution >= 4 is 57.8 Å². The van der Waals surface area contributed by atoms with Crippen molar-refractivity contribution in [3.63, 3.8) is 0 Å². The zero-order valence-corrected chi connectivity index (χ0v) is 55.8. The van der Waals surface area contributed by atoms with Gasteiger partial charge in [0, 0.05) is 91.9 Å². The SMILES string of the molecule is CC(C)(C)OC(=O)NC1CCC(CC(=O)O)CC1.CC(C)(C)OC(=O)NC1CCC(CCO)CC1.O=C(CC1CCC(CCO)CC1)c1cccc2ncccc12.O=CCC1CCC(CC(=O)c2cccc3ncccc23)CC1.[Cl-].[NH3+]C1CCC(CCO)CC1. The summed E-state index contributed by atoms with van der Waals surface area (Å²) in [6, 6.07) is 20.3. The number of aromatic nitrogens is 2. The molecule has 5 aliphatic rings. The third kappa shape index (κ3) is 29.4. The van der Waals surface area contributed by atoms with Crippen LogP contribution in [0.4, 0.5) is 9.59 Å². The first-order valence-corrected chi connectivity index (χ1v) is 33.6. The Morgan fingerprint density at radius 1 is 0.489 bits per heavy atom. The number of hydrogen-bond acceptors (Lipinski definition) is 13. The monoisotopic (exact) mass is 1270 g/mol. The number of aliphatic hydroxyl groups excluding tert-OH is 3. The number of carbonyl (C=O) groups is 6. The Morgan fingerprint density at radius 3 is 1.18 bits per heavy atom. The maximum absolute atomic E-state index is 12.7. The number of quaternary nitrogens is 1. The lowest BCUT2D eigenvalue weighted by Crippen LogP contribution is -3.00. The second-order valence-electron chi connectivity index (χ2n) is 27.9. The van der Waals surface area contributed by atoms with E-state index in [4.69, 9.17) is 29.9 Å². The molecule has 5 saturated carbocycles. The zero-order chi connectivity index (χ0) is 64.8. The Labute approximate surface area is 542 Å². The molecule has 0 radical (unpaired) electrons. The molecule has 18 heteroatoms. The second kappa shape index (κ2) is 40.4. The molecule has 9 rings (SSSR count). The van der Waals surface area contributed by atoms with Crippen LogP contribution >= 0.6 is 0 Å². The van der Waals surface area contributed by atoms with E-state index in [0.717, 1.165) is 167 Å². The van der Waals surface area contributed by atoms with Crippen molar-refractivity contribution < 1.29 is 76.8 Å². The molecule has 2 heterocycles. The number of halogens is 1. The van der Waals surface area contributed by atoms with Gasteiger partial charge in [0.15, 0.2) is 11.6 Å². The molecule has 4 aromatic rings. The third-order valence-electron chi connectivity index (χ3n) is 18.4. The predicted molar refractivity (Wildman–Crippen MR) is 349 cm³/mol. The molecule has 0 aliphatic heterocycles. The number of benzene rings is 2. The van der Waals surface area contributed by atoms with E-state index in [2.05, 4.69) is 26.3 Å². The fraction of sp³-hybridized carbons (Fsp3) is 0.667. The van der Waals surface area contributed by atoms with Crippen molar-refractivity contribution in [3.8, 4) is 0 Å². The van der Waals surface area contributed by atoms with Crippen LogP contribution in [0, 0.1) is 41.4 Å². The molecule has 0 atom stereocenters. The molecule has 0 unspecified atom stereocenters. The molecule has 5 fully saturated rings. The Balaban J connectivity index is 0.000000244. The molecular weight excluding hydrogens is 1160 g/mol. The highest BCUT2D eigenvalue weighted by atomic mass is 35.5. The van der Waals surface area contributed by atoms with Gasteiger partial charge in [-0.25, -0.2) is 9.59 Å². The minimum absolute atomic E-state index is 0. The van der Waals surface area contributed by atoms with Gasteiger partial charge in [0.2, 0.25) is 0 Å². The average molecular weight is 1270 g/mol. The van der Waals surface area contributed by atoms with Crippen LogP contribution in [0.1, 0.15) is 236 Å². The zero-order valence-electron chi connectivity index (χ0n) is 55.0. The van der Waals surface area contributed by atoms with E-state index in [0.29, 0.717) is 61.5 Å². The Kier molecular flexibility index (Phi) is 34.5. The molecule has 9 N–H and O–H groups in total. The van der Waals surface area contributed by atoms with Crippen LogP contribution in [-0.4, -0.2) is 116 Å². The summed E-state index contributed by atoms with van der Waals surface area (Å²) in [5.74, 6) is 3.53. The van der Waals surface area contributed by atoms with Crippen molar-refractivity contribution in [2.75, 3.05) is 19.8 Å². The van der Waals surface area contributed by atoms with Crippen LogP contribution in [0.15, 0.2) is 73.1 Å². The van der Waals surface area contributed by atoms with Gasteiger partial charge >= 0.3 is 18.2 Å². The topological polar surface area (TPSA) is 279 Å². The number of nitrogens with one attached hydrogen (secondary N) is 2. The van der Waals surface area contributed by atoms with Crippen molar-refractivity contribution in [2.24, 2.45) is 41.4 Å². The minimum Gasteiger partial charge on any atom is -1.00 e. The fourth-order valence-corrected chi connectivity index (χ4v) is 13.3. The summed E-state index contributed by atoms with van der Waals surface area (Å²) in [5.41, 5.74) is 6.48. The lowest BCUT2D eigenvalue weighted by Gasteiger charge is -2.29. The van der Waals surface area contributed by atoms with Crippen LogP contribution in [0.3, 0.4) is 0 Å². The summed E-state index contributed by atoms with van der Waals surface area (Å²) in [6.07, 6.45) is 30.2. The highest BCUT2D eigenvalue weighted by Gasteiger charge is 2.29. The number of amides is 2. The number of carbonyl (C=O) groups excluding carboxylic acids is 5. The molecule has 2 aromatic carbocycles. The summed E-state index contributed by atoms with van der Waals surface area (Å²) in [6.45, 7) is 12.0. The van der Waals surface area contributed by atoms with Crippen molar-refractivity contribution in [2.45, 2.75) is 244 Å². The maximum Gasteiger partial charge on any atom is 0.407 e. The van der Waals surface area contributed by atoms with E-state index in [1.807, 2.05) is 102 Å². The number of pyridine rings is 2. The van der Waals surface area contributed by atoms with E-state index in [9.17, 15) is 28.8 Å². The molecule has 90 heavy (non-hydrogen) atoms. The number of ketones is 2. The maximum atomic E-state index is 12.7. The average Bonchev–Trinajstić information content (AvgIpc) is 1.23. The molecular formula is C72H110ClN5O12. The summed E-state index contributed by atoms with van der Waals surface area (Å²) in [5, 5.41) is 42.9. The molecule has 502 valence electrons. The molecule has 0 spiro atoms. The van der Waals surface area contributed by atoms with Gasteiger partial charge in [0.05, 0.1) is 17.1 Å². The predicted octanol–water partition coefficient (Wildman–Crippen LogP) is 10.4. The van der Waals surface area contributed by atoms with E-state index >= 15 is 0 Å². The van der Waals surface area contributed by atoms with Crippen molar-refractivity contribution in [3.05, 3.63) is 84.2 Å². The van der Waals surface area contributed by atoms with Crippen LogP contribution in [-0.2, 0) is 19.1 Å². The largest absolute Gasteiger partial charge is 1.00 e. The second-order valence-corrected chi connectivity index (χ2v) is 27.9. The number of ether oxygens (including phenoxy) is 2. The lowest BCUT2D eigenvalue weighted by atomic mass is 9.78. The number of alkyl carbamates (subject to hydrolysis) is 2. The number of hydrogen-bond donors (Lipinski definition) is 7. The van der Waals surface area contributed by atoms with Crippen LogP contribution in [0.2, 0.25) is 0 Å². The Hall–Kier alpha value is -5.59. The standard InChI is InChI=1S/C19H23NO2.C19H21NO2.C13H23NO4.C13H25NO3.C8H17NO.ClH/c2*21-12-10-14-6-8-15(9-7-14)13-19(22)17-3-1-5-18-16(17)4-2-11-20-18;1-13(2,3)18-12(17)14-10-6-4-9(5-7-10)8-11(15)16;1-13(2,3)17-12(16)14-11-6-4-10(5-7-11)8-9-15;9-8-3-1-7(2-4-8)5-6-10;/h1-5,11,14-15,21H,6-10,12-13H2;1-5,11-12,14-15H,6-10,13H2;9-10H,4-8H2,1-3H3,(H,14,17)(H,15,16);10-11,15H,4-9H2,1-3H3,(H,14,16);7-8,10H,1-6,9H2;1H. The number of nitrogens with zero attached hydrogens (tertiary/aromatic N) is 2. The number of aliphatic carboxylic acids is 1.